The molecule has 0 unspecified atom stereocenters. The van der Waals surface area contributed by atoms with Crippen LogP contribution >= 0.6 is 8.60 Å². The zero-order chi connectivity index (χ0) is 44.7. The Balaban J connectivity index is 1.95. The Hall–Kier alpha value is -2.51. The van der Waals surface area contributed by atoms with Crippen LogP contribution in [0, 0.1) is 0 Å². The third-order valence-electron chi connectivity index (χ3n) is 12.3. The van der Waals surface area contributed by atoms with E-state index in [9.17, 15) is 0 Å². The summed E-state index contributed by atoms with van der Waals surface area (Å²) in [6.07, 6.45) is 31.0. The fourth-order valence-electron chi connectivity index (χ4n) is 8.35. The Kier molecular flexibility index (Phi) is 23.9. The monoisotopic (exact) mass is 857 g/mol. The van der Waals surface area contributed by atoms with Gasteiger partial charge in [-0.1, -0.05) is 235 Å². The summed E-state index contributed by atoms with van der Waals surface area (Å²) < 4.78 is 21.2. The van der Waals surface area contributed by atoms with E-state index in [0.717, 1.165) is 36.5 Å². The molecule has 0 spiro atoms. The van der Waals surface area contributed by atoms with Gasteiger partial charge in [-0.2, -0.15) is 0 Å². The highest BCUT2D eigenvalue weighted by Crippen LogP contribution is 2.49. The molecule has 0 fully saturated rings. The van der Waals surface area contributed by atoms with Gasteiger partial charge in [-0.3, -0.25) is 0 Å². The molecule has 0 aliphatic heterocycles. The van der Waals surface area contributed by atoms with E-state index >= 15 is 0 Å². The number of rotatable bonds is 30. The summed E-state index contributed by atoms with van der Waals surface area (Å²) in [5, 5.41) is 0. The minimum absolute atomic E-state index is 0.116. The minimum Gasteiger partial charge on any atom is -0.408 e. The van der Waals surface area contributed by atoms with Gasteiger partial charge in [0, 0.05) is 16.7 Å². The van der Waals surface area contributed by atoms with E-state index in [4.69, 9.17) is 13.6 Å². The van der Waals surface area contributed by atoms with Crippen molar-refractivity contribution < 1.29 is 13.6 Å². The molecule has 344 valence electrons. The Bertz CT molecular complexity index is 1440. The van der Waals surface area contributed by atoms with Gasteiger partial charge in [-0.05, 0) is 89.7 Å². The predicted molar refractivity (Wildman–Crippen MR) is 269 cm³/mol. The van der Waals surface area contributed by atoms with Crippen LogP contribution in [0.1, 0.15) is 251 Å². The summed E-state index contributed by atoms with van der Waals surface area (Å²) in [5.74, 6) is 2.55. The number of hydrogen-bond donors (Lipinski definition) is 0. The van der Waals surface area contributed by atoms with Gasteiger partial charge >= 0.3 is 8.60 Å². The molecule has 0 radical (unpaired) electrons. The zero-order valence-corrected chi connectivity index (χ0v) is 42.7. The van der Waals surface area contributed by atoms with Gasteiger partial charge < -0.3 is 13.6 Å². The van der Waals surface area contributed by atoms with Crippen molar-refractivity contribution in [3.8, 4) is 17.2 Å². The van der Waals surface area contributed by atoms with Gasteiger partial charge in [-0.15, -0.1) is 0 Å². The molecular formula is C57H93O3P. The third kappa shape index (κ3) is 20.3. The predicted octanol–water partition coefficient (Wildman–Crippen LogP) is 19.2. The molecule has 0 atom stereocenters. The summed E-state index contributed by atoms with van der Waals surface area (Å²) >= 11 is 0. The van der Waals surface area contributed by atoms with Crippen molar-refractivity contribution >= 4 is 8.60 Å². The van der Waals surface area contributed by atoms with Crippen molar-refractivity contribution in [2.45, 2.75) is 253 Å². The van der Waals surface area contributed by atoms with Crippen LogP contribution in [-0.4, -0.2) is 0 Å². The quantitative estimate of drug-likeness (QED) is 0.0494. The van der Waals surface area contributed by atoms with E-state index in [0.29, 0.717) is 0 Å². The molecule has 0 N–H and O–H groups in total. The summed E-state index contributed by atoms with van der Waals surface area (Å²) in [5.41, 5.74) is 7.42. The number of benzene rings is 3. The molecule has 0 saturated heterocycles. The summed E-state index contributed by atoms with van der Waals surface area (Å²) in [7, 11) is -1.87. The first kappa shape index (κ1) is 52.8. The molecule has 0 amide bonds. The molecule has 61 heavy (non-hydrogen) atoms. The largest absolute Gasteiger partial charge is 0.530 e. The molecule has 3 aromatic rings. The minimum atomic E-state index is -1.87. The molecule has 3 aromatic carbocycles. The van der Waals surface area contributed by atoms with E-state index < -0.39 is 8.60 Å². The molecule has 3 nitrogen and oxygen atoms in total. The maximum atomic E-state index is 7.07. The number of hydrogen-bond acceptors (Lipinski definition) is 3. The van der Waals surface area contributed by atoms with Crippen LogP contribution in [0.15, 0.2) is 54.6 Å². The van der Waals surface area contributed by atoms with Gasteiger partial charge in [0.25, 0.3) is 0 Å². The second-order valence-electron chi connectivity index (χ2n) is 21.4. The van der Waals surface area contributed by atoms with E-state index in [1.54, 1.807) is 0 Å². The van der Waals surface area contributed by atoms with Gasteiger partial charge in [0.1, 0.15) is 17.2 Å². The Morgan fingerprint density at radius 2 is 0.557 bits per heavy atom. The van der Waals surface area contributed by atoms with E-state index in [2.05, 4.69) is 138 Å². The summed E-state index contributed by atoms with van der Waals surface area (Å²) in [4.78, 5) is 0. The summed E-state index contributed by atoms with van der Waals surface area (Å²) in [6.45, 7) is 27.5. The van der Waals surface area contributed by atoms with E-state index in [-0.39, 0.29) is 16.2 Å². The van der Waals surface area contributed by atoms with Crippen molar-refractivity contribution in [1.82, 2.24) is 0 Å². The second kappa shape index (κ2) is 27.6. The lowest BCUT2D eigenvalue weighted by Crippen LogP contribution is -2.17. The van der Waals surface area contributed by atoms with Crippen molar-refractivity contribution in [2.75, 3.05) is 0 Å². The van der Waals surface area contributed by atoms with Crippen molar-refractivity contribution in [3.63, 3.8) is 0 Å². The highest BCUT2D eigenvalue weighted by atomic mass is 31.2. The van der Waals surface area contributed by atoms with Gasteiger partial charge in [0.15, 0.2) is 0 Å². The van der Waals surface area contributed by atoms with Gasteiger partial charge in [0.2, 0.25) is 0 Å². The molecule has 4 heteroatoms. The van der Waals surface area contributed by atoms with E-state index in [1.807, 2.05) is 0 Å². The van der Waals surface area contributed by atoms with Crippen molar-refractivity contribution in [1.29, 1.82) is 0 Å². The first-order chi connectivity index (χ1) is 29.1. The molecule has 0 aromatic heterocycles. The van der Waals surface area contributed by atoms with Crippen molar-refractivity contribution in [3.05, 3.63) is 88.0 Å². The normalized spacial score (nSPS) is 12.3. The molecule has 0 aliphatic rings. The van der Waals surface area contributed by atoms with Crippen LogP contribution in [-0.2, 0) is 35.5 Å². The number of aryl methyl sites for hydroxylation is 3. The fourth-order valence-corrected chi connectivity index (χ4v) is 9.42. The van der Waals surface area contributed by atoms with Crippen LogP contribution in [0.4, 0.5) is 0 Å². The highest BCUT2D eigenvalue weighted by Gasteiger charge is 2.31. The average molecular weight is 857 g/mol. The lowest BCUT2D eigenvalue weighted by Gasteiger charge is -2.29. The molecule has 0 heterocycles. The smallest absolute Gasteiger partial charge is 0.408 e. The summed E-state index contributed by atoms with van der Waals surface area (Å²) in [6, 6.07) is 20.5. The van der Waals surface area contributed by atoms with Gasteiger partial charge in [-0.25, -0.2) is 0 Å². The molecular weight excluding hydrogens is 764 g/mol. The molecule has 0 saturated carbocycles. The van der Waals surface area contributed by atoms with Crippen LogP contribution in [0.2, 0.25) is 0 Å². The topological polar surface area (TPSA) is 27.7 Å². The first-order valence-electron chi connectivity index (χ1n) is 25.3. The third-order valence-corrected chi connectivity index (χ3v) is 13.3. The van der Waals surface area contributed by atoms with E-state index in [1.165, 1.54) is 168 Å². The average Bonchev–Trinajstić information content (AvgIpc) is 3.20. The highest BCUT2D eigenvalue weighted by molar-refractivity contribution is 7.43. The first-order valence-corrected chi connectivity index (χ1v) is 26.4. The zero-order valence-electron chi connectivity index (χ0n) is 41.8. The van der Waals surface area contributed by atoms with Gasteiger partial charge in [0.05, 0.1) is 0 Å². The van der Waals surface area contributed by atoms with Crippen LogP contribution in [0.25, 0.3) is 0 Å². The Morgan fingerprint density at radius 3 is 0.787 bits per heavy atom. The number of unbranched alkanes of at least 4 members (excludes halogenated alkanes) is 18. The van der Waals surface area contributed by atoms with Crippen molar-refractivity contribution in [2.24, 2.45) is 0 Å². The standard InChI is InChI=1S/C57H93O3P/c1-13-16-19-22-25-28-31-34-46-37-40-52(49(43-46)55(4,5)6)58-61(59-53-41-38-47(44-50(53)56(7,8)9)35-32-29-26-23-20-17-14-2)60-54-42-39-48(45-51(54)57(10,11)12)36-33-30-27-24-21-18-15-3/h37-45H,13-36H2,1-12H3. The lowest BCUT2D eigenvalue weighted by molar-refractivity contribution is 0.372. The SMILES string of the molecule is CCCCCCCCCc1ccc(OP(Oc2ccc(CCCCCCCCC)cc2C(C)(C)C)Oc2ccc(CCCCCCCCC)cc2C(C)(C)C)c(C(C)(C)C)c1. The maximum Gasteiger partial charge on any atom is 0.530 e. The molecule has 0 aliphatic carbocycles. The van der Waals surface area contributed by atoms with Crippen LogP contribution in [0.5, 0.6) is 17.2 Å². The molecule has 3 rings (SSSR count). The lowest BCUT2D eigenvalue weighted by atomic mass is 9.85. The van der Waals surface area contributed by atoms with Crippen LogP contribution < -0.4 is 13.6 Å². The maximum absolute atomic E-state index is 7.07. The molecule has 0 bridgehead atoms. The Labute approximate surface area is 379 Å². The van der Waals surface area contributed by atoms with Crippen LogP contribution in [0.3, 0.4) is 0 Å². The second-order valence-corrected chi connectivity index (χ2v) is 22.3. The Morgan fingerprint density at radius 1 is 0.328 bits per heavy atom. The fraction of sp³-hybridized carbons (Fsp3) is 0.684.